The van der Waals surface area contributed by atoms with E-state index in [4.69, 9.17) is 4.74 Å². The molecule has 0 spiro atoms. The first kappa shape index (κ1) is 18.1. The van der Waals surface area contributed by atoms with Gasteiger partial charge in [-0.2, -0.15) is 0 Å². The van der Waals surface area contributed by atoms with E-state index in [1.165, 1.54) is 6.07 Å². The lowest BCUT2D eigenvalue weighted by atomic mass is 9.63. The molecule has 4 aliphatic carbocycles. The minimum Gasteiger partial charge on any atom is -0.462 e. The molecule has 1 aliphatic heterocycles. The van der Waals surface area contributed by atoms with E-state index < -0.39 is 11.9 Å². The monoisotopic (exact) mass is 394 g/mol. The molecule has 0 unspecified atom stereocenters. The molecule has 2 saturated carbocycles. The topological polar surface area (TPSA) is 92.8 Å². The highest BCUT2D eigenvalue weighted by atomic mass is 16.5. The van der Waals surface area contributed by atoms with E-state index in [0.29, 0.717) is 23.1 Å². The van der Waals surface area contributed by atoms with Gasteiger partial charge in [-0.05, 0) is 55.2 Å². The summed E-state index contributed by atoms with van der Waals surface area (Å²) in [6.45, 7) is 1.68. The van der Waals surface area contributed by atoms with Gasteiger partial charge in [0.25, 0.3) is 0 Å². The molecule has 0 radical (unpaired) electrons. The molecule has 2 bridgehead atoms. The first-order valence-electron chi connectivity index (χ1n) is 10.1. The summed E-state index contributed by atoms with van der Waals surface area (Å²) in [5.41, 5.74) is 0.742. The molecule has 1 heterocycles. The molecule has 150 valence electrons. The van der Waals surface area contributed by atoms with Crippen molar-refractivity contribution >= 4 is 29.4 Å². The number of carbonyl (C=O) groups is 4. The number of nitrogens with zero attached hydrogens (tertiary/aromatic N) is 1. The number of imide groups is 1. The van der Waals surface area contributed by atoms with Crippen LogP contribution >= 0.6 is 0 Å². The van der Waals surface area contributed by atoms with Crippen LogP contribution in [0.25, 0.3) is 0 Å². The number of anilines is 1. The molecule has 29 heavy (non-hydrogen) atoms. The quantitative estimate of drug-likeness (QED) is 0.467. The van der Waals surface area contributed by atoms with Crippen LogP contribution in [0.3, 0.4) is 0 Å². The maximum atomic E-state index is 12.9. The van der Waals surface area contributed by atoms with Crippen LogP contribution in [0.2, 0.25) is 0 Å². The Bertz CT molecular complexity index is 918. The smallest absolute Gasteiger partial charge is 0.338 e. The molecule has 6 rings (SSSR count). The Morgan fingerprint density at radius 2 is 1.76 bits per heavy atom. The number of hydrogen-bond donors (Lipinski definition) is 1. The lowest BCUT2D eigenvalue weighted by Crippen LogP contribution is -2.40. The van der Waals surface area contributed by atoms with E-state index in [-0.39, 0.29) is 48.6 Å². The van der Waals surface area contributed by atoms with Crippen molar-refractivity contribution < 1.29 is 23.9 Å². The minimum atomic E-state index is -0.473. The second-order valence-electron chi connectivity index (χ2n) is 8.27. The third kappa shape index (κ3) is 2.79. The fraction of sp³-hybridized carbons (Fsp3) is 0.455. The number of hydrogen-bond acceptors (Lipinski definition) is 5. The second-order valence-corrected chi connectivity index (χ2v) is 8.27. The molecule has 1 N–H and O–H groups in total. The number of carbonyl (C=O) groups excluding carboxylic acids is 4. The summed E-state index contributed by atoms with van der Waals surface area (Å²) < 4.78 is 4.96. The number of esters is 1. The van der Waals surface area contributed by atoms with Gasteiger partial charge in [0.2, 0.25) is 17.7 Å². The Labute approximate surface area is 168 Å². The van der Waals surface area contributed by atoms with Crippen LogP contribution in [-0.4, -0.2) is 41.7 Å². The van der Waals surface area contributed by atoms with Crippen molar-refractivity contribution in [3.8, 4) is 0 Å². The van der Waals surface area contributed by atoms with Crippen LogP contribution in [-0.2, 0) is 19.1 Å². The van der Waals surface area contributed by atoms with Gasteiger partial charge in [-0.15, -0.1) is 0 Å². The predicted octanol–water partition coefficient (Wildman–Crippen LogP) is 1.85. The molecule has 3 amide bonds. The Hall–Kier alpha value is -2.96. The Morgan fingerprint density at radius 3 is 2.38 bits per heavy atom. The predicted molar refractivity (Wildman–Crippen MR) is 102 cm³/mol. The van der Waals surface area contributed by atoms with Gasteiger partial charge in [0.15, 0.2) is 0 Å². The summed E-state index contributed by atoms with van der Waals surface area (Å²) in [6, 6.07) is 6.39. The van der Waals surface area contributed by atoms with Gasteiger partial charge in [0.1, 0.15) is 6.54 Å². The van der Waals surface area contributed by atoms with Gasteiger partial charge in [-0.3, -0.25) is 19.3 Å². The molecule has 7 nitrogen and oxygen atoms in total. The Balaban J connectivity index is 1.28. The Morgan fingerprint density at radius 1 is 1.10 bits per heavy atom. The lowest BCUT2D eigenvalue weighted by molar-refractivity contribution is -0.142. The highest BCUT2D eigenvalue weighted by molar-refractivity contribution is 6.09. The molecular weight excluding hydrogens is 372 g/mol. The molecule has 5 aliphatic rings. The van der Waals surface area contributed by atoms with Gasteiger partial charge in [-0.1, -0.05) is 18.2 Å². The van der Waals surface area contributed by atoms with Crippen LogP contribution in [0, 0.1) is 35.5 Å². The third-order valence-electron chi connectivity index (χ3n) is 6.71. The zero-order chi connectivity index (χ0) is 20.3. The van der Waals surface area contributed by atoms with Gasteiger partial charge in [0, 0.05) is 5.69 Å². The SMILES string of the molecule is CCOC(=O)c1cccc(NC(=O)CN2C(=O)[C@@H]3[C@H]4C=C[C@@H]([C@@H]5C[C@@H]45)[C@H]3C2=O)c1. The fourth-order valence-corrected chi connectivity index (χ4v) is 5.46. The summed E-state index contributed by atoms with van der Waals surface area (Å²) in [5, 5.41) is 2.68. The molecule has 6 atom stereocenters. The van der Waals surface area contributed by atoms with E-state index >= 15 is 0 Å². The highest BCUT2D eigenvalue weighted by Gasteiger charge is 2.67. The van der Waals surface area contributed by atoms with Crippen molar-refractivity contribution in [3.63, 3.8) is 0 Å². The average molecular weight is 394 g/mol. The van der Waals surface area contributed by atoms with Crippen molar-refractivity contribution in [3.05, 3.63) is 42.0 Å². The standard InChI is InChI=1S/C22H22N2O5/c1-2-29-22(28)11-4-3-5-12(8-11)23-17(25)10-24-20(26)18-13-6-7-14(16-9-15(13)16)19(18)21(24)27/h3-8,13-16,18-19H,2,9-10H2,1H3,(H,23,25)/t13-,14-,15-,16-,18+,19+/m0/s1. The van der Waals surface area contributed by atoms with Crippen LogP contribution in [0.15, 0.2) is 36.4 Å². The minimum absolute atomic E-state index is 0.140. The summed E-state index contributed by atoms with van der Waals surface area (Å²) in [4.78, 5) is 51.4. The van der Waals surface area contributed by atoms with Crippen LogP contribution in [0.5, 0.6) is 0 Å². The maximum Gasteiger partial charge on any atom is 0.338 e. The number of nitrogens with one attached hydrogen (secondary N) is 1. The van der Waals surface area contributed by atoms with Gasteiger partial charge in [-0.25, -0.2) is 4.79 Å². The molecular formula is C22H22N2O5. The van der Waals surface area contributed by atoms with Crippen molar-refractivity contribution in [2.45, 2.75) is 13.3 Å². The van der Waals surface area contributed by atoms with Gasteiger partial charge in [0.05, 0.1) is 24.0 Å². The Kier molecular flexibility index (Phi) is 4.08. The van der Waals surface area contributed by atoms with E-state index in [9.17, 15) is 19.2 Å². The van der Waals surface area contributed by atoms with Crippen molar-refractivity contribution in [2.75, 3.05) is 18.5 Å². The van der Waals surface area contributed by atoms with Crippen LogP contribution < -0.4 is 5.32 Å². The number of ether oxygens (including phenoxy) is 1. The number of rotatable bonds is 5. The number of likely N-dealkylation sites (tertiary alicyclic amines) is 1. The number of benzene rings is 1. The number of allylic oxidation sites excluding steroid dienone is 2. The van der Waals surface area contributed by atoms with Crippen LogP contribution in [0.1, 0.15) is 23.7 Å². The van der Waals surface area contributed by atoms with Crippen molar-refractivity contribution in [2.24, 2.45) is 35.5 Å². The summed E-state index contributed by atoms with van der Waals surface area (Å²) in [5.74, 6) is -0.648. The zero-order valence-electron chi connectivity index (χ0n) is 16.0. The lowest BCUT2D eigenvalue weighted by Gasteiger charge is -2.37. The van der Waals surface area contributed by atoms with Gasteiger partial charge >= 0.3 is 5.97 Å². The van der Waals surface area contributed by atoms with E-state index in [0.717, 1.165) is 11.3 Å². The highest BCUT2D eigenvalue weighted by Crippen LogP contribution is 2.65. The molecule has 1 aromatic carbocycles. The maximum absolute atomic E-state index is 12.9. The summed E-state index contributed by atoms with van der Waals surface area (Å²) >= 11 is 0. The third-order valence-corrected chi connectivity index (χ3v) is 6.71. The largest absolute Gasteiger partial charge is 0.462 e. The van der Waals surface area contributed by atoms with Crippen molar-refractivity contribution in [1.29, 1.82) is 0 Å². The second kappa shape index (κ2) is 6.54. The van der Waals surface area contributed by atoms with Crippen molar-refractivity contribution in [1.82, 2.24) is 4.90 Å². The normalized spacial score (nSPS) is 33.3. The summed E-state index contributed by atoms with van der Waals surface area (Å²) in [6.07, 6.45) is 5.32. The van der Waals surface area contributed by atoms with Crippen LogP contribution in [0.4, 0.5) is 5.69 Å². The molecule has 3 fully saturated rings. The molecule has 0 aromatic heterocycles. The number of amides is 3. The fourth-order valence-electron chi connectivity index (χ4n) is 5.46. The van der Waals surface area contributed by atoms with E-state index in [1.807, 2.05) is 0 Å². The zero-order valence-corrected chi connectivity index (χ0v) is 16.0. The summed E-state index contributed by atoms with van der Waals surface area (Å²) in [7, 11) is 0. The van der Waals surface area contributed by atoms with Gasteiger partial charge < -0.3 is 10.1 Å². The van der Waals surface area contributed by atoms with E-state index in [1.54, 1.807) is 25.1 Å². The molecule has 1 aromatic rings. The molecule has 1 saturated heterocycles. The average Bonchev–Trinajstić information content (AvgIpc) is 3.49. The molecule has 7 heteroatoms. The first-order chi connectivity index (χ1) is 14.0. The van der Waals surface area contributed by atoms with E-state index in [2.05, 4.69) is 17.5 Å². The first-order valence-corrected chi connectivity index (χ1v) is 10.1.